The molecule has 2 rings (SSSR count). The lowest BCUT2D eigenvalue weighted by Crippen LogP contribution is -2.11. The smallest absolute Gasteiger partial charge is 0.229 e. The molecule has 0 saturated carbocycles. The Morgan fingerprint density at radius 1 is 1.15 bits per heavy atom. The van der Waals surface area contributed by atoms with Gasteiger partial charge < -0.3 is 5.32 Å². The van der Waals surface area contributed by atoms with E-state index in [-0.39, 0.29) is 0 Å². The maximum atomic E-state index is 11.3. The number of nitrogens with one attached hydrogen (secondary N) is 2. The van der Waals surface area contributed by atoms with Crippen molar-refractivity contribution >= 4 is 38.8 Å². The van der Waals surface area contributed by atoms with Gasteiger partial charge in [-0.1, -0.05) is 17.7 Å². The standard InChI is InChI=1S/C13H14ClN3O2S/c1-9-10(14)5-3-6-11(9)16-13-12(7-4-8-15-13)17-20(2,18)19/h3-8,17H,1-2H3,(H,15,16). The molecule has 2 aromatic rings. The van der Waals surface area contributed by atoms with Gasteiger partial charge in [-0.05, 0) is 36.8 Å². The average Bonchev–Trinajstić information content (AvgIpc) is 2.35. The molecule has 1 aromatic carbocycles. The van der Waals surface area contributed by atoms with Gasteiger partial charge in [0.25, 0.3) is 0 Å². The summed E-state index contributed by atoms with van der Waals surface area (Å²) in [6, 6.07) is 8.74. The monoisotopic (exact) mass is 311 g/mol. The maximum absolute atomic E-state index is 11.3. The average molecular weight is 312 g/mol. The van der Waals surface area contributed by atoms with Crippen molar-refractivity contribution in [2.45, 2.75) is 6.92 Å². The number of hydrogen-bond acceptors (Lipinski definition) is 4. The van der Waals surface area contributed by atoms with Crippen LogP contribution in [0, 0.1) is 6.92 Å². The van der Waals surface area contributed by atoms with Gasteiger partial charge in [0.15, 0.2) is 5.82 Å². The van der Waals surface area contributed by atoms with Crippen molar-refractivity contribution in [1.29, 1.82) is 0 Å². The van der Waals surface area contributed by atoms with Crippen LogP contribution in [0.1, 0.15) is 5.56 Å². The summed E-state index contributed by atoms with van der Waals surface area (Å²) in [5, 5.41) is 3.71. The maximum Gasteiger partial charge on any atom is 0.229 e. The molecule has 0 radical (unpaired) electrons. The number of hydrogen-bond donors (Lipinski definition) is 2. The van der Waals surface area contributed by atoms with E-state index in [1.807, 2.05) is 19.1 Å². The predicted molar refractivity (Wildman–Crippen MR) is 82.2 cm³/mol. The molecule has 2 N–H and O–H groups in total. The topological polar surface area (TPSA) is 71.1 Å². The minimum atomic E-state index is -3.37. The largest absolute Gasteiger partial charge is 0.338 e. The van der Waals surface area contributed by atoms with Gasteiger partial charge >= 0.3 is 0 Å². The molecule has 0 saturated heterocycles. The molecule has 0 aliphatic carbocycles. The molecule has 20 heavy (non-hydrogen) atoms. The van der Waals surface area contributed by atoms with Crippen molar-refractivity contribution in [3.63, 3.8) is 0 Å². The van der Waals surface area contributed by atoms with Crippen LogP contribution in [0.25, 0.3) is 0 Å². The number of sulfonamides is 1. The fourth-order valence-corrected chi connectivity index (χ4v) is 2.40. The van der Waals surface area contributed by atoms with Crippen LogP contribution in [0.4, 0.5) is 17.2 Å². The minimum absolute atomic E-state index is 0.384. The number of halogens is 1. The van der Waals surface area contributed by atoms with Crippen LogP contribution in [0.2, 0.25) is 5.02 Å². The van der Waals surface area contributed by atoms with Crippen molar-refractivity contribution < 1.29 is 8.42 Å². The zero-order chi connectivity index (χ0) is 14.8. The lowest BCUT2D eigenvalue weighted by Gasteiger charge is -2.13. The highest BCUT2D eigenvalue weighted by Gasteiger charge is 2.10. The second-order valence-electron chi connectivity index (χ2n) is 4.31. The first kappa shape index (κ1) is 14.6. The molecule has 1 heterocycles. The molecule has 0 fully saturated rings. The Balaban J connectivity index is 2.37. The minimum Gasteiger partial charge on any atom is -0.338 e. The van der Waals surface area contributed by atoms with Gasteiger partial charge in [-0.2, -0.15) is 0 Å². The van der Waals surface area contributed by atoms with Crippen LogP contribution < -0.4 is 10.0 Å². The molecule has 5 nitrogen and oxygen atoms in total. The van der Waals surface area contributed by atoms with E-state index in [0.29, 0.717) is 16.5 Å². The quantitative estimate of drug-likeness (QED) is 0.910. The number of nitrogens with zero attached hydrogens (tertiary/aromatic N) is 1. The van der Waals surface area contributed by atoms with E-state index in [0.717, 1.165) is 17.5 Å². The molecule has 0 aliphatic rings. The molecule has 0 aliphatic heterocycles. The van der Waals surface area contributed by atoms with Crippen LogP contribution in [0.5, 0.6) is 0 Å². The van der Waals surface area contributed by atoms with Crippen LogP contribution in [-0.4, -0.2) is 19.7 Å². The van der Waals surface area contributed by atoms with Crippen LogP contribution in [0.3, 0.4) is 0 Å². The third-order valence-corrected chi connectivity index (χ3v) is 3.62. The van der Waals surface area contributed by atoms with Gasteiger partial charge in [-0.15, -0.1) is 0 Å². The Morgan fingerprint density at radius 3 is 2.55 bits per heavy atom. The molecule has 1 aromatic heterocycles. The van der Waals surface area contributed by atoms with Gasteiger partial charge in [0.1, 0.15) is 0 Å². The highest BCUT2D eigenvalue weighted by molar-refractivity contribution is 7.92. The van der Waals surface area contributed by atoms with Crippen molar-refractivity contribution in [3.05, 3.63) is 47.1 Å². The third-order valence-electron chi connectivity index (χ3n) is 2.62. The summed E-state index contributed by atoms with van der Waals surface area (Å²) >= 11 is 6.05. The summed E-state index contributed by atoms with van der Waals surface area (Å²) in [5.41, 5.74) is 2.02. The number of benzene rings is 1. The first-order chi connectivity index (χ1) is 9.37. The zero-order valence-corrected chi connectivity index (χ0v) is 12.6. The summed E-state index contributed by atoms with van der Waals surface area (Å²) < 4.78 is 25.1. The van der Waals surface area contributed by atoms with E-state index < -0.39 is 10.0 Å². The predicted octanol–water partition coefficient (Wildman–Crippen LogP) is 3.16. The summed E-state index contributed by atoms with van der Waals surface area (Å²) in [6.07, 6.45) is 2.67. The van der Waals surface area contributed by atoms with Gasteiger partial charge in [-0.25, -0.2) is 13.4 Å². The lowest BCUT2D eigenvalue weighted by molar-refractivity contribution is 0.607. The van der Waals surface area contributed by atoms with Crippen molar-refractivity contribution in [3.8, 4) is 0 Å². The van der Waals surface area contributed by atoms with Crippen molar-refractivity contribution in [1.82, 2.24) is 4.98 Å². The van der Waals surface area contributed by atoms with Gasteiger partial charge in [-0.3, -0.25) is 4.72 Å². The summed E-state index contributed by atoms with van der Waals surface area (Å²) in [6.45, 7) is 1.87. The second-order valence-corrected chi connectivity index (χ2v) is 6.47. The third kappa shape index (κ3) is 3.61. The normalized spacial score (nSPS) is 11.2. The molecule has 0 unspecified atom stereocenters. The van der Waals surface area contributed by atoms with Gasteiger partial charge in [0.2, 0.25) is 10.0 Å². The number of pyridine rings is 1. The Bertz CT molecular complexity index is 732. The molecule has 7 heteroatoms. The van der Waals surface area contributed by atoms with Gasteiger partial charge in [0.05, 0.1) is 11.9 Å². The molecule has 0 atom stereocenters. The molecule has 0 amide bonds. The highest BCUT2D eigenvalue weighted by Crippen LogP contribution is 2.28. The van der Waals surface area contributed by atoms with E-state index in [1.165, 1.54) is 0 Å². The SMILES string of the molecule is Cc1c(Cl)cccc1Nc1ncccc1NS(C)(=O)=O. The second kappa shape index (κ2) is 5.68. The van der Waals surface area contributed by atoms with E-state index in [1.54, 1.807) is 24.4 Å². The first-order valence-corrected chi connectivity index (χ1v) is 8.09. The Morgan fingerprint density at radius 2 is 1.85 bits per heavy atom. The fraction of sp³-hybridized carbons (Fsp3) is 0.154. The van der Waals surface area contributed by atoms with Crippen LogP contribution in [-0.2, 0) is 10.0 Å². The van der Waals surface area contributed by atoms with Gasteiger partial charge in [0, 0.05) is 16.9 Å². The number of rotatable bonds is 4. The zero-order valence-electron chi connectivity index (χ0n) is 11.0. The molecule has 106 valence electrons. The first-order valence-electron chi connectivity index (χ1n) is 5.82. The molecular weight excluding hydrogens is 298 g/mol. The van der Waals surface area contributed by atoms with E-state index in [4.69, 9.17) is 11.6 Å². The molecule has 0 bridgehead atoms. The van der Waals surface area contributed by atoms with Crippen LogP contribution >= 0.6 is 11.6 Å². The highest BCUT2D eigenvalue weighted by atomic mass is 35.5. The molecular formula is C13H14ClN3O2S. The molecule has 0 spiro atoms. The Hall–Kier alpha value is -1.79. The summed E-state index contributed by atoms with van der Waals surface area (Å²) in [4.78, 5) is 4.15. The van der Waals surface area contributed by atoms with E-state index in [2.05, 4.69) is 15.0 Å². The summed E-state index contributed by atoms with van der Waals surface area (Å²) in [7, 11) is -3.37. The number of aromatic nitrogens is 1. The lowest BCUT2D eigenvalue weighted by atomic mass is 10.2. The Labute approximate surface area is 123 Å². The Kier molecular flexibility index (Phi) is 4.15. The summed E-state index contributed by atoms with van der Waals surface area (Å²) in [5.74, 6) is 0.420. The number of anilines is 3. The van der Waals surface area contributed by atoms with Crippen molar-refractivity contribution in [2.75, 3.05) is 16.3 Å². The fourth-order valence-electron chi connectivity index (χ4n) is 1.66. The van der Waals surface area contributed by atoms with Crippen molar-refractivity contribution in [2.24, 2.45) is 0 Å². The van der Waals surface area contributed by atoms with Crippen LogP contribution in [0.15, 0.2) is 36.5 Å². The van der Waals surface area contributed by atoms with E-state index >= 15 is 0 Å². The van der Waals surface area contributed by atoms with E-state index in [9.17, 15) is 8.42 Å².